The van der Waals surface area contributed by atoms with Crippen molar-refractivity contribution in [2.45, 2.75) is 6.92 Å². The summed E-state index contributed by atoms with van der Waals surface area (Å²) in [5.74, 6) is 0. The van der Waals surface area contributed by atoms with Gasteiger partial charge in [-0.1, -0.05) is 90.5 Å². The Morgan fingerprint density at radius 1 is 0.474 bits per heavy atom. The molecule has 0 saturated heterocycles. The van der Waals surface area contributed by atoms with E-state index in [-0.39, 0.29) is 20.1 Å². The van der Waals surface area contributed by atoms with Crippen molar-refractivity contribution >= 4 is 0 Å². The van der Waals surface area contributed by atoms with Gasteiger partial charge < -0.3 is 4.98 Å². The number of aromatic nitrogens is 1. The number of hydrogen-bond acceptors (Lipinski definition) is 1. The van der Waals surface area contributed by atoms with E-state index in [0.717, 1.165) is 22.4 Å². The van der Waals surface area contributed by atoms with E-state index in [9.17, 15) is 0 Å². The Balaban J connectivity index is 0.00000294. The summed E-state index contributed by atoms with van der Waals surface area (Å²) >= 11 is 0. The minimum absolute atomic E-state index is 0. The molecule has 1 radical (unpaired) electrons. The van der Waals surface area contributed by atoms with Crippen LogP contribution in [0.2, 0.25) is 0 Å². The molecule has 6 rings (SSSR count). The maximum absolute atomic E-state index is 4.59. The third-order valence-electron chi connectivity index (χ3n) is 6.74. The van der Waals surface area contributed by atoms with Crippen molar-refractivity contribution in [3.63, 3.8) is 0 Å². The predicted molar refractivity (Wildman–Crippen MR) is 155 cm³/mol. The van der Waals surface area contributed by atoms with Gasteiger partial charge in [0.25, 0.3) is 0 Å². The fourth-order valence-electron chi connectivity index (χ4n) is 4.82. The van der Waals surface area contributed by atoms with Gasteiger partial charge in [0.2, 0.25) is 0 Å². The SMILES string of the molecule is Cc1cccnc1-c1[c-]ccc(-c2cccc(-c3cc(-c4ccccc4)cc(-c4ccccc4)c3)c2)c1.[Ir]. The number of nitrogens with zero attached hydrogens (tertiary/aromatic N) is 1. The summed E-state index contributed by atoms with van der Waals surface area (Å²) < 4.78 is 0. The van der Waals surface area contributed by atoms with E-state index in [0.29, 0.717) is 0 Å². The molecule has 0 unspecified atom stereocenters. The summed E-state index contributed by atoms with van der Waals surface area (Å²) in [7, 11) is 0. The summed E-state index contributed by atoms with van der Waals surface area (Å²) in [5, 5.41) is 0. The van der Waals surface area contributed by atoms with E-state index in [1.165, 1.54) is 38.9 Å². The van der Waals surface area contributed by atoms with Crippen LogP contribution in [0.3, 0.4) is 0 Å². The minimum atomic E-state index is 0. The molecule has 0 aliphatic carbocycles. The summed E-state index contributed by atoms with van der Waals surface area (Å²) in [6.45, 7) is 2.09. The summed E-state index contributed by atoms with van der Waals surface area (Å²) in [6.07, 6.45) is 1.84. The first-order valence-corrected chi connectivity index (χ1v) is 12.5. The monoisotopic (exact) mass is 665 g/mol. The van der Waals surface area contributed by atoms with Crippen molar-refractivity contribution in [3.05, 3.63) is 151 Å². The summed E-state index contributed by atoms with van der Waals surface area (Å²) in [6, 6.07) is 50.6. The number of hydrogen-bond donors (Lipinski definition) is 0. The van der Waals surface area contributed by atoms with Gasteiger partial charge in [0.05, 0.1) is 0 Å². The van der Waals surface area contributed by atoms with E-state index in [1.54, 1.807) is 0 Å². The van der Waals surface area contributed by atoms with Gasteiger partial charge in [-0.2, -0.15) is 0 Å². The molecule has 0 N–H and O–H groups in total. The predicted octanol–water partition coefficient (Wildman–Crippen LogP) is 9.52. The van der Waals surface area contributed by atoms with Crippen LogP contribution in [-0.2, 0) is 20.1 Å². The van der Waals surface area contributed by atoms with Crippen LogP contribution < -0.4 is 0 Å². The fraction of sp³-hybridized carbons (Fsp3) is 0.0278. The number of pyridine rings is 1. The van der Waals surface area contributed by atoms with E-state index < -0.39 is 0 Å². The number of rotatable bonds is 5. The van der Waals surface area contributed by atoms with Crippen LogP contribution in [0.5, 0.6) is 0 Å². The Morgan fingerprint density at radius 2 is 0.974 bits per heavy atom. The Kier molecular flexibility index (Phi) is 7.75. The van der Waals surface area contributed by atoms with Crippen LogP contribution in [0.15, 0.2) is 140 Å². The Hall–Kier alpha value is -4.10. The van der Waals surface area contributed by atoms with Crippen LogP contribution in [0.25, 0.3) is 55.8 Å². The topological polar surface area (TPSA) is 12.9 Å². The molecule has 0 bridgehead atoms. The van der Waals surface area contributed by atoms with Gasteiger partial charge in [0.1, 0.15) is 0 Å². The Labute approximate surface area is 238 Å². The second-order valence-electron chi connectivity index (χ2n) is 9.27. The van der Waals surface area contributed by atoms with Crippen molar-refractivity contribution in [3.8, 4) is 55.8 Å². The van der Waals surface area contributed by atoms with Gasteiger partial charge in [-0.15, -0.1) is 35.4 Å². The number of aryl methyl sites for hydroxylation is 1. The van der Waals surface area contributed by atoms with Gasteiger partial charge in [-0.3, -0.25) is 0 Å². The maximum Gasteiger partial charge on any atom is 0.0160 e. The average molecular weight is 665 g/mol. The summed E-state index contributed by atoms with van der Waals surface area (Å²) in [5.41, 5.74) is 12.7. The molecule has 1 nitrogen and oxygen atoms in total. The van der Waals surface area contributed by atoms with E-state index in [2.05, 4.69) is 139 Å². The molecule has 2 heteroatoms. The molecule has 38 heavy (non-hydrogen) atoms. The van der Waals surface area contributed by atoms with Crippen molar-refractivity contribution in [1.82, 2.24) is 4.98 Å². The average Bonchev–Trinajstić information content (AvgIpc) is 2.98. The minimum Gasteiger partial charge on any atom is -0.304 e. The second kappa shape index (κ2) is 11.5. The van der Waals surface area contributed by atoms with Gasteiger partial charge in [-0.25, -0.2) is 0 Å². The normalized spacial score (nSPS) is 10.6. The van der Waals surface area contributed by atoms with E-state index in [1.807, 2.05) is 18.3 Å². The van der Waals surface area contributed by atoms with Gasteiger partial charge in [0, 0.05) is 26.3 Å². The van der Waals surface area contributed by atoms with Crippen molar-refractivity contribution < 1.29 is 20.1 Å². The van der Waals surface area contributed by atoms with E-state index in [4.69, 9.17) is 0 Å². The van der Waals surface area contributed by atoms with Crippen molar-refractivity contribution in [2.24, 2.45) is 0 Å². The quantitative estimate of drug-likeness (QED) is 0.167. The largest absolute Gasteiger partial charge is 0.304 e. The third-order valence-corrected chi connectivity index (χ3v) is 6.74. The molecule has 1 heterocycles. The molecule has 185 valence electrons. The van der Waals surface area contributed by atoms with Crippen LogP contribution >= 0.6 is 0 Å². The first-order valence-electron chi connectivity index (χ1n) is 12.5. The van der Waals surface area contributed by atoms with Crippen molar-refractivity contribution in [1.29, 1.82) is 0 Å². The summed E-state index contributed by atoms with van der Waals surface area (Å²) in [4.78, 5) is 4.59. The van der Waals surface area contributed by atoms with Gasteiger partial charge >= 0.3 is 0 Å². The smallest absolute Gasteiger partial charge is 0.0160 e. The molecular formula is C36H26IrN-. The number of benzene rings is 5. The molecule has 0 aliphatic heterocycles. The maximum atomic E-state index is 4.59. The second-order valence-corrected chi connectivity index (χ2v) is 9.27. The molecule has 1 aromatic heterocycles. The molecule has 0 spiro atoms. The van der Waals surface area contributed by atoms with Crippen LogP contribution in [-0.4, -0.2) is 4.98 Å². The first-order chi connectivity index (χ1) is 18.2. The van der Waals surface area contributed by atoms with Gasteiger partial charge in [0.15, 0.2) is 0 Å². The standard InChI is InChI=1S/C36H26N.Ir/c1-26-11-10-20-37-36(26)32-19-9-17-30(22-32)29-16-8-18-31(21-29)35-24-33(27-12-4-2-5-13-27)23-34(25-35)28-14-6-3-7-15-28;/h2-18,20-25H,1H3;/q-1;. The van der Waals surface area contributed by atoms with Gasteiger partial charge in [-0.05, 0) is 81.9 Å². The van der Waals surface area contributed by atoms with Crippen LogP contribution in [0.4, 0.5) is 0 Å². The third kappa shape index (κ3) is 5.43. The Morgan fingerprint density at radius 3 is 1.58 bits per heavy atom. The first kappa shape index (κ1) is 25.5. The van der Waals surface area contributed by atoms with Crippen molar-refractivity contribution in [2.75, 3.05) is 0 Å². The molecule has 0 aliphatic rings. The zero-order valence-corrected chi connectivity index (χ0v) is 23.5. The molecule has 0 atom stereocenters. The zero-order valence-electron chi connectivity index (χ0n) is 21.1. The molecule has 6 aromatic rings. The van der Waals surface area contributed by atoms with E-state index >= 15 is 0 Å². The molecule has 5 aromatic carbocycles. The molecule has 0 fully saturated rings. The Bertz CT molecular complexity index is 1620. The zero-order chi connectivity index (χ0) is 25.0. The molecule has 0 saturated carbocycles. The van der Waals surface area contributed by atoms with Crippen LogP contribution in [0, 0.1) is 13.0 Å². The molecular weight excluding hydrogens is 639 g/mol. The fourth-order valence-corrected chi connectivity index (χ4v) is 4.82. The molecule has 0 amide bonds. The van der Waals surface area contributed by atoms with Crippen LogP contribution in [0.1, 0.15) is 5.56 Å².